The standard InChI is InChI=1S/C14H18N4O2S/c1-8-10-12(19)15-9(2)16-13(10)21-11(8)14(20)18-6-4-17(3)5-7-18/h4-7H2,1-3H3,(H,15,16,19). The summed E-state index contributed by atoms with van der Waals surface area (Å²) in [6.45, 7) is 6.80. The lowest BCUT2D eigenvalue weighted by Crippen LogP contribution is -2.47. The predicted molar refractivity (Wildman–Crippen MR) is 83.1 cm³/mol. The Kier molecular flexibility index (Phi) is 3.54. The van der Waals surface area contributed by atoms with E-state index >= 15 is 0 Å². The lowest BCUT2D eigenvalue weighted by molar-refractivity contribution is 0.0668. The summed E-state index contributed by atoms with van der Waals surface area (Å²) in [5, 5.41) is 0.545. The van der Waals surface area contributed by atoms with Crippen molar-refractivity contribution in [3.05, 3.63) is 26.6 Å². The van der Waals surface area contributed by atoms with Gasteiger partial charge in [-0.1, -0.05) is 0 Å². The number of aryl methyl sites for hydroxylation is 2. The second-order valence-electron chi connectivity index (χ2n) is 5.48. The van der Waals surface area contributed by atoms with Crippen LogP contribution in [0.5, 0.6) is 0 Å². The molecule has 1 N–H and O–H groups in total. The molecule has 0 bridgehead atoms. The molecule has 7 heteroatoms. The van der Waals surface area contributed by atoms with E-state index in [2.05, 4.69) is 21.9 Å². The van der Waals surface area contributed by atoms with Gasteiger partial charge in [0.25, 0.3) is 11.5 Å². The van der Waals surface area contributed by atoms with E-state index in [4.69, 9.17) is 0 Å². The quantitative estimate of drug-likeness (QED) is 0.853. The highest BCUT2D eigenvalue weighted by atomic mass is 32.1. The first-order valence-corrected chi connectivity index (χ1v) is 7.77. The molecular weight excluding hydrogens is 288 g/mol. The van der Waals surface area contributed by atoms with Gasteiger partial charge in [-0.3, -0.25) is 9.59 Å². The minimum Gasteiger partial charge on any atom is -0.335 e. The molecule has 2 aromatic heterocycles. The number of rotatable bonds is 1. The van der Waals surface area contributed by atoms with Gasteiger partial charge in [-0.05, 0) is 26.5 Å². The van der Waals surface area contributed by atoms with Crippen LogP contribution in [0.1, 0.15) is 21.1 Å². The summed E-state index contributed by atoms with van der Waals surface area (Å²) < 4.78 is 0. The molecule has 1 fully saturated rings. The molecule has 1 amide bonds. The average molecular weight is 306 g/mol. The number of piperazine rings is 1. The number of nitrogens with one attached hydrogen (secondary N) is 1. The SMILES string of the molecule is Cc1nc2sc(C(=O)N3CCN(C)CC3)c(C)c2c(=O)[nH]1. The fourth-order valence-corrected chi connectivity index (χ4v) is 3.80. The number of fused-ring (bicyclic) bond motifs is 1. The van der Waals surface area contributed by atoms with Gasteiger partial charge < -0.3 is 14.8 Å². The highest BCUT2D eigenvalue weighted by Crippen LogP contribution is 2.28. The van der Waals surface area contributed by atoms with Crippen LogP contribution in [0.2, 0.25) is 0 Å². The van der Waals surface area contributed by atoms with E-state index < -0.39 is 0 Å². The summed E-state index contributed by atoms with van der Waals surface area (Å²) >= 11 is 1.32. The number of likely N-dealkylation sites (N-methyl/N-ethyl adjacent to an activating group) is 1. The van der Waals surface area contributed by atoms with Crippen molar-refractivity contribution in [2.24, 2.45) is 0 Å². The van der Waals surface area contributed by atoms with Crippen molar-refractivity contribution in [3.8, 4) is 0 Å². The molecule has 2 aromatic rings. The fraction of sp³-hybridized carbons (Fsp3) is 0.500. The van der Waals surface area contributed by atoms with Gasteiger partial charge in [0.05, 0.1) is 10.3 Å². The van der Waals surface area contributed by atoms with Gasteiger partial charge in [0.15, 0.2) is 0 Å². The molecule has 0 spiro atoms. The normalized spacial score (nSPS) is 16.6. The lowest BCUT2D eigenvalue weighted by Gasteiger charge is -2.32. The van der Waals surface area contributed by atoms with E-state index in [1.807, 2.05) is 11.8 Å². The molecule has 0 aromatic carbocycles. The Morgan fingerprint density at radius 3 is 2.57 bits per heavy atom. The first-order valence-electron chi connectivity index (χ1n) is 6.95. The third-order valence-electron chi connectivity index (χ3n) is 3.90. The molecule has 1 saturated heterocycles. The van der Waals surface area contributed by atoms with Crippen LogP contribution in [0.25, 0.3) is 10.2 Å². The number of thiophene rings is 1. The van der Waals surface area contributed by atoms with E-state index in [-0.39, 0.29) is 11.5 Å². The zero-order chi connectivity index (χ0) is 15.1. The van der Waals surface area contributed by atoms with Gasteiger partial charge >= 0.3 is 0 Å². The molecule has 3 rings (SSSR count). The third-order valence-corrected chi connectivity index (χ3v) is 5.08. The Hall–Kier alpha value is -1.73. The number of carbonyl (C=O) groups excluding carboxylic acids is 1. The number of H-pyrrole nitrogens is 1. The van der Waals surface area contributed by atoms with E-state index in [0.717, 1.165) is 31.7 Å². The van der Waals surface area contributed by atoms with Crippen LogP contribution < -0.4 is 5.56 Å². The number of nitrogens with zero attached hydrogens (tertiary/aromatic N) is 3. The molecule has 1 aliphatic heterocycles. The molecule has 0 atom stereocenters. The monoisotopic (exact) mass is 306 g/mol. The number of aromatic amines is 1. The first kappa shape index (κ1) is 14.2. The van der Waals surface area contributed by atoms with E-state index in [9.17, 15) is 9.59 Å². The maximum Gasteiger partial charge on any atom is 0.264 e. The highest BCUT2D eigenvalue weighted by molar-refractivity contribution is 7.20. The molecule has 6 nitrogen and oxygen atoms in total. The van der Waals surface area contributed by atoms with Gasteiger partial charge in [0, 0.05) is 26.2 Å². The molecule has 0 saturated carbocycles. The van der Waals surface area contributed by atoms with Gasteiger partial charge in [-0.15, -0.1) is 11.3 Å². The van der Waals surface area contributed by atoms with Gasteiger partial charge in [0.2, 0.25) is 0 Å². The van der Waals surface area contributed by atoms with Crippen molar-refractivity contribution in [1.82, 2.24) is 19.8 Å². The third kappa shape index (κ3) is 2.47. The Morgan fingerprint density at radius 1 is 1.24 bits per heavy atom. The minimum atomic E-state index is -0.163. The summed E-state index contributed by atoms with van der Waals surface area (Å²) in [5.41, 5.74) is 0.580. The lowest BCUT2D eigenvalue weighted by atomic mass is 10.2. The second-order valence-corrected chi connectivity index (χ2v) is 6.48. The summed E-state index contributed by atoms with van der Waals surface area (Å²) in [7, 11) is 2.05. The summed E-state index contributed by atoms with van der Waals surface area (Å²) in [6, 6.07) is 0. The van der Waals surface area contributed by atoms with Crippen LogP contribution in [0, 0.1) is 13.8 Å². The van der Waals surface area contributed by atoms with Crippen molar-refractivity contribution < 1.29 is 4.79 Å². The number of hydrogen-bond donors (Lipinski definition) is 1. The molecular formula is C14H18N4O2S. The maximum absolute atomic E-state index is 12.7. The summed E-state index contributed by atoms with van der Waals surface area (Å²) in [5.74, 6) is 0.591. The average Bonchev–Trinajstić information content (AvgIpc) is 2.76. The van der Waals surface area contributed by atoms with Crippen LogP contribution in [0.3, 0.4) is 0 Å². The van der Waals surface area contributed by atoms with Crippen LogP contribution in [-0.2, 0) is 0 Å². The van der Waals surface area contributed by atoms with Crippen LogP contribution in [-0.4, -0.2) is 58.9 Å². The number of carbonyl (C=O) groups is 1. The smallest absolute Gasteiger partial charge is 0.264 e. The van der Waals surface area contributed by atoms with Crippen LogP contribution in [0.4, 0.5) is 0 Å². The number of amides is 1. The van der Waals surface area contributed by atoms with Crippen molar-refractivity contribution >= 4 is 27.5 Å². The topological polar surface area (TPSA) is 69.3 Å². The van der Waals surface area contributed by atoms with E-state index in [1.54, 1.807) is 6.92 Å². The Bertz CT molecular complexity index is 756. The van der Waals surface area contributed by atoms with Gasteiger partial charge in [-0.25, -0.2) is 4.98 Å². The second kappa shape index (κ2) is 5.23. The van der Waals surface area contributed by atoms with E-state index in [0.29, 0.717) is 20.9 Å². The number of aromatic nitrogens is 2. The zero-order valence-corrected chi connectivity index (χ0v) is 13.2. The zero-order valence-electron chi connectivity index (χ0n) is 12.4. The van der Waals surface area contributed by atoms with Crippen molar-refractivity contribution in [1.29, 1.82) is 0 Å². The van der Waals surface area contributed by atoms with Crippen LogP contribution >= 0.6 is 11.3 Å². The molecule has 21 heavy (non-hydrogen) atoms. The highest BCUT2D eigenvalue weighted by Gasteiger charge is 2.25. The molecule has 3 heterocycles. The van der Waals surface area contributed by atoms with Crippen LogP contribution in [0.15, 0.2) is 4.79 Å². The Balaban J connectivity index is 2.01. The van der Waals surface area contributed by atoms with E-state index in [1.165, 1.54) is 11.3 Å². The Labute approximate surface area is 126 Å². The van der Waals surface area contributed by atoms with Gasteiger partial charge in [-0.2, -0.15) is 0 Å². The molecule has 1 aliphatic rings. The van der Waals surface area contributed by atoms with Gasteiger partial charge in [0.1, 0.15) is 10.7 Å². The Morgan fingerprint density at radius 2 is 1.90 bits per heavy atom. The van der Waals surface area contributed by atoms with Crippen molar-refractivity contribution in [2.75, 3.05) is 33.2 Å². The fourth-order valence-electron chi connectivity index (χ4n) is 2.61. The minimum absolute atomic E-state index is 0.0145. The number of hydrogen-bond acceptors (Lipinski definition) is 5. The summed E-state index contributed by atoms with van der Waals surface area (Å²) in [4.78, 5) is 37.1. The maximum atomic E-state index is 12.7. The van der Waals surface area contributed by atoms with Crippen molar-refractivity contribution in [2.45, 2.75) is 13.8 Å². The largest absolute Gasteiger partial charge is 0.335 e. The van der Waals surface area contributed by atoms with Crippen molar-refractivity contribution in [3.63, 3.8) is 0 Å². The summed E-state index contributed by atoms with van der Waals surface area (Å²) in [6.07, 6.45) is 0. The molecule has 112 valence electrons. The first-order chi connectivity index (χ1) is 9.97. The molecule has 0 aliphatic carbocycles. The molecule has 0 radical (unpaired) electrons. The predicted octanol–water partition coefficient (Wildman–Crippen LogP) is 0.989. The molecule has 0 unspecified atom stereocenters.